The summed E-state index contributed by atoms with van der Waals surface area (Å²) in [5.74, 6) is 0.533. The van der Waals surface area contributed by atoms with E-state index in [1.54, 1.807) is 0 Å². The number of aromatic nitrogens is 1. The van der Waals surface area contributed by atoms with E-state index in [0.717, 1.165) is 67.4 Å². The molecule has 184 valence electrons. The third kappa shape index (κ3) is 3.40. The van der Waals surface area contributed by atoms with Crippen molar-refractivity contribution in [3.63, 3.8) is 0 Å². The van der Waals surface area contributed by atoms with Gasteiger partial charge in [0, 0.05) is 22.3 Å². The number of benzene rings is 5. The van der Waals surface area contributed by atoms with E-state index >= 15 is 0 Å². The summed E-state index contributed by atoms with van der Waals surface area (Å²) in [5, 5.41) is 0. The Kier molecular flexibility index (Phi) is 4.74. The fourth-order valence-electron chi connectivity index (χ4n) is 5.77. The fourth-order valence-corrected chi connectivity index (χ4v) is 5.77. The standard InChI is InChI=1S/C36H23NO2/c1-3-11-24(12-4-1)27-22-32(25-13-5-2-6-14-25)37-33(23-27)26-19-20-31-29(21-26)28-15-7-8-16-30(28)36(31)38-34-17-9-10-18-35(34)39-36/h1-23H. The zero-order valence-electron chi connectivity index (χ0n) is 21.0. The van der Waals surface area contributed by atoms with Gasteiger partial charge < -0.3 is 9.47 Å². The molecular weight excluding hydrogens is 478 g/mol. The normalized spacial score (nSPS) is 13.7. The van der Waals surface area contributed by atoms with E-state index in [-0.39, 0.29) is 0 Å². The van der Waals surface area contributed by atoms with Gasteiger partial charge in [0.05, 0.1) is 11.4 Å². The molecule has 0 fully saturated rings. The molecule has 0 saturated carbocycles. The molecular formula is C36H23NO2. The maximum absolute atomic E-state index is 6.57. The molecule has 1 aliphatic heterocycles. The van der Waals surface area contributed by atoms with Crippen LogP contribution >= 0.6 is 0 Å². The van der Waals surface area contributed by atoms with Crippen LogP contribution in [0.5, 0.6) is 11.5 Å². The molecule has 39 heavy (non-hydrogen) atoms. The SMILES string of the molecule is c1ccc(-c2cc(-c3ccccc3)nc(-c3ccc4c(c3)-c3ccccc3C43Oc4ccccc4O3)c2)cc1. The summed E-state index contributed by atoms with van der Waals surface area (Å²) >= 11 is 0. The number of nitrogens with zero attached hydrogens (tertiary/aromatic N) is 1. The Bertz CT molecular complexity index is 1780. The lowest BCUT2D eigenvalue weighted by atomic mass is 9.97. The smallest absolute Gasteiger partial charge is 0.306 e. The maximum Gasteiger partial charge on any atom is 0.306 e. The van der Waals surface area contributed by atoms with Gasteiger partial charge in [-0.2, -0.15) is 0 Å². The third-order valence-electron chi connectivity index (χ3n) is 7.60. The molecule has 5 aromatic carbocycles. The molecule has 1 aromatic heterocycles. The van der Waals surface area contributed by atoms with Crippen molar-refractivity contribution < 1.29 is 9.47 Å². The Morgan fingerprint density at radius 1 is 0.410 bits per heavy atom. The lowest BCUT2D eigenvalue weighted by molar-refractivity contribution is -0.0417. The summed E-state index contributed by atoms with van der Waals surface area (Å²) in [6.07, 6.45) is 0. The second-order valence-corrected chi connectivity index (χ2v) is 9.93. The molecule has 0 radical (unpaired) electrons. The Hall–Kier alpha value is -5.15. The van der Waals surface area contributed by atoms with Gasteiger partial charge in [0.25, 0.3) is 0 Å². The lowest BCUT2D eigenvalue weighted by Crippen LogP contribution is -2.34. The molecule has 2 aliphatic rings. The highest BCUT2D eigenvalue weighted by Gasteiger charge is 2.52. The molecule has 3 heteroatoms. The average molecular weight is 502 g/mol. The molecule has 0 atom stereocenters. The van der Waals surface area contributed by atoms with Crippen LogP contribution in [-0.4, -0.2) is 4.98 Å². The van der Waals surface area contributed by atoms with Crippen LogP contribution in [0.15, 0.2) is 140 Å². The highest BCUT2D eigenvalue weighted by molar-refractivity contribution is 5.85. The Morgan fingerprint density at radius 2 is 0.974 bits per heavy atom. The van der Waals surface area contributed by atoms with E-state index in [2.05, 4.69) is 97.1 Å². The van der Waals surface area contributed by atoms with Crippen LogP contribution in [0.3, 0.4) is 0 Å². The second kappa shape index (κ2) is 8.44. The van der Waals surface area contributed by atoms with Crippen LogP contribution in [0.2, 0.25) is 0 Å². The second-order valence-electron chi connectivity index (χ2n) is 9.93. The number of pyridine rings is 1. The van der Waals surface area contributed by atoms with E-state index in [0.29, 0.717) is 0 Å². The molecule has 6 aromatic rings. The van der Waals surface area contributed by atoms with Crippen molar-refractivity contribution in [2.75, 3.05) is 0 Å². The molecule has 2 heterocycles. The van der Waals surface area contributed by atoms with Crippen molar-refractivity contribution in [3.8, 4) is 56.3 Å². The quantitative estimate of drug-likeness (QED) is 0.243. The van der Waals surface area contributed by atoms with Crippen LogP contribution < -0.4 is 9.47 Å². The molecule has 1 aliphatic carbocycles. The van der Waals surface area contributed by atoms with Gasteiger partial charge in [-0.15, -0.1) is 0 Å². The summed E-state index contributed by atoms with van der Waals surface area (Å²) in [7, 11) is 0. The lowest BCUT2D eigenvalue weighted by Gasteiger charge is -2.25. The minimum Gasteiger partial charge on any atom is -0.440 e. The zero-order valence-corrected chi connectivity index (χ0v) is 21.0. The van der Waals surface area contributed by atoms with Gasteiger partial charge >= 0.3 is 5.79 Å². The third-order valence-corrected chi connectivity index (χ3v) is 7.60. The van der Waals surface area contributed by atoms with E-state index < -0.39 is 5.79 Å². The monoisotopic (exact) mass is 501 g/mol. The van der Waals surface area contributed by atoms with Gasteiger partial charge in [-0.1, -0.05) is 103 Å². The summed E-state index contributed by atoms with van der Waals surface area (Å²) in [4.78, 5) is 5.14. The van der Waals surface area contributed by atoms with Crippen LogP contribution in [0, 0.1) is 0 Å². The fraction of sp³-hybridized carbons (Fsp3) is 0.0278. The van der Waals surface area contributed by atoms with Crippen LogP contribution in [-0.2, 0) is 5.79 Å². The predicted octanol–water partition coefficient (Wildman–Crippen LogP) is 8.74. The van der Waals surface area contributed by atoms with E-state index in [4.69, 9.17) is 14.5 Å². The maximum atomic E-state index is 6.57. The minimum atomic E-state index is -0.983. The summed E-state index contributed by atoms with van der Waals surface area (Å²) in [6.45, 7) is 0. The summed E-state index contributed by atoms with van der Waals surface area (Å²) < 4.78 is 13.1. The van der Waals surface area contributed by atoms with Crippen molar-refractivity contribution in [2.45, 2.75) is 5.79 Å². The molecule has 3 nitrogen and oxygen atoms in total. The summed E-state index contributed by atoms with van der Waals surface area (Å²) in [6, 6.07) is 47.9. The average Bonchev–Trinajstić information content (AvgIpc) is 3.53. The topological polar surface area (TPSA) is 31.4 Å². The van der Waals surface area contributed by atoms with Gasteiger partial charge in [-0.3, -0.25) is 0 Å². The largest absolute Gasteiger partial charge is 0.440 e. The first kappa shape index (κ1) is 21.9. The molecule has 0 bridgehead atoms. The van der Waals surface area contributed by atoms with Crippen molar-refractivity contribution in [3.05, 3.63) is 151 Å². The zero-order chi connectivity index (χ0) is 25.8. The number of para-hydroxylation sites is 2. The van der Waals surface area contributed by atoms with Crippen molar-refractivity contribution in [1.29, 1.82) is 0 Å². The molecule has 0 saturated heterocycles. The van der Waals surface area contributed by atoms with Crippen LogP contribution in [0.25, 0.3) is 44.8 Å². The van der Waals surface area contributed by atoms with Crippen LogP contribution in [0.1, 0.15) is 11.1 Å². The molecule has 8 rings (SSSR count). The van der Waals surface area contributed by atoms with Crippen molar-refractivity contribution in [1.82, 2.24) is 4.98 Å². The van der Waals surface area contributed by atoms with E-state index in [1.807, 2.05) is 42.5 Å². The van der Waals surface area contributed by atoms with Crippen molar-refractivity contribution >= 4 is 0 Å². The molecule has 0 amide bonds. The van der Waals surface area contributed by atoms with Gasteiger partial charge in [0.1, 0.15) is 0 Å². The number of fused-ring (bicyclic) bond motifs is 6. The highest BCUT2D eigenvalue weighted by Crippen LogP contribution is 2.56. The Labute approximate surface area is 227 Å². The first-order valence-electron chi connectivity index (χ1n) is 13.1. The summed E-state index contributed by atoms with van der Waals surface area (Å²) in [5.41, 5.74) is 10.5. The first-order valence-corrected chi connectivity index (χ1v) is 13.1. The highest BCUT2D eigenvalue weighted by atomic mass is 16.7. The van der Waals surface area contributed by atoms with Gasteiger partial charge in [0.15, 0.2) is 11.5 Å². The number of hydrogen-bond donors (Lipinski definition) is 0. The number of ether oxygens (including phenoxy) is 2. The van der Waals surface area contributed by atoms with E-state index in [9.17, 15) is 0 Å². The number of hydrogen-bond acceptors (Lipinski definition) is 3. The van der Waals surface area contributed by atoms with Gasteiger partial charge in [-0.05, 0) is 58.7 Å². The minimum absolute atomic E-state index is 0.758. The van der Waals surface area contributed by atoms with Crippen molar-refractivity contribution in [2.24, 2.45) is 0 Å². The number of rotatable bonds is 3. The van der Waals surface area contributed by atoms with Gasteiger partial charge in [-0.25, -0.2) is 4.98 Å². The first-order chi connectivity index (χ1) is 19.3. The molecule has 1 spiro atoms. The van der Waals surface area contributed by atoms with Gasteiger partial charge in [0.2, 0.25) is 0 Å². The Morgan fingerprint density at radius 3 is 1.69 bits per heavy atom. The van der Waals surface area contributed by atoms with E-state index in [1.165, 1.54) is 0 Å². The predicted molar refractivity (Wildman–Crippen MR) is 154 cm³/mol. The van der Waals surface area contributed by atoms with Crippen LogP contribution in [0.4, 0.5) is 0 Å². The molecule has 0 N–H and O–H groups in total. The Balaban J connectivity index is 1.31. The molecule has 0 unspecified atom stereocenters.